The van der Waals surface area contributed by atoms with Crippen molar-refractivity contribution >= 4 is 21.6 Å². The highest BCUT2D eigenvalue weighted by Crippen LogP contribution is 2.34. The van der Waals surface area contributed by atoms with Crippen LogP contribution in [0.1, 0.15) is 30.0 Å². The fourth-order valence-corrected chi connectivity index (χ4v) is 4.78. The second-order valence-corrected chi connectivity index (χ2v) is 7.80. The Kier molecular flexibility index (Phi) is 4.47. The highest BCUT2D eigenvalue weighted by molar-refractivity contribution is 7.88. The Morgan fingerprint density at radius 2 is 2.00 bits per heavy atom. The molecule has 22 heavy (non-hydrogen) atoms. The van der Waals surface area contributed by atoms with Gasteiger partial charge in [0.15, 0.2) is 0 Å². The number of rotatable bonds is 4. The lowest BCUT2D eigenvalue weighted by Crippen LogP contribution is -2.31. The third-order valence-corrected chi connectivity index (χ3v) is 5.99. The number of hydrogen-bond donors (Lipinski definition) is 0. The molecular formula is C16H17ClN2O2S. The van der Waals surface area contributed by atoms with Gasteiger partial charge in [-0.1, -0.05) is 29.8 Å². The maximum atomic E-state index is 12.7. The van der Waals surface area contributed by atoms with E-state index in [9.17, 15) is 8.42 Å². The molecule has 1 unspecified atom stereocenters. The van der Waals surface area contributed by atoms with Crippen molar-refractivity contribution in [2.24, 2.45) is 0 Å². The molecule has 0 radical (unpaired) electrons. The van der Waals surface area contributed by atoms with E-state index in [4.69, 9.17) is 11.6 Å². The minimum absolute atomic E-state index is 0.000924. The van der Waals surface area contributed by atoms with E-state index < -0.39 is 10.0 Å². The molecule has 6 heteroatoms. The Morgan fingerprint density at radius 3 is 2.68 bits per heavy atom. The molecule has 4 nitrogen and oxygen atoms in total. The van der Waals surface area contributed by atoms with Crippen LogP contribution in [0.15, 0.2) is 48.8 Å². The minimum atomic E-state index is -3.36. The predicted molar refractivity (Wildman–Crippen MR) is 87.0 cm³/mol. The molecule has 0 saturated carbocycles. The average molecular weight is 337 g/mol. The SMILES string of the molecule is O=S(=O)(Cc1ccc(Cl)cc1)N1CCCC1c1cccnc1. The first-order valence-electron chi connectivity index (χ1n) is 7.20. The van der Waals surface area contributed by atoms with Crippen molar-refractivity contribution in [2.45, 2.75) is 24.6 Å². The standard InChI is InChI=1S/C16H17ClN2O2S/c17-15-7-5-13(6-8-15)12-22(20,21)19-10-2-4-16(19)14-3-1-9-18-11-14/h1,3,5-9,11,16H,2,4,10,12H2. The maximum Gasteiger partial charge on any atom is 0.218 e. The minimum Gasteiger partial charge on any atom is -0.264 e. The summed E-state index contributed by atoms with van der Waals surface area (Å²) < 4.78 is 27.1. The number of pyridine rings is 1. The molecule has 1 aliphatic heterocycles. The lowest BCUT2D eigenvalue weighted by Gasteiger charge is -2.24. The number of sulfonamides is 1. The maximum absolute atomic E-state index is 12.7. The molecule has 0 N–H and O–H groups in total. The first-order valence-corrected chi connectivity index (χ1v) is 9.19. The van der Waals surface area contributed by atoms with E-state index in [2.05, 4.69) is 4.98 Å². The molecule has 0 spiro atoms. The van der Waals surface area contributed by atoms with Crippen LogP contribution >= 0.6 is 11.6 Å². The van der Waals surface area contributed by atoms with Crippen molar-refractivity contribution in [1.29, 1.82) is 0 Å². The molecule has 1 fully saturated rings. The normalized spacial score (nSPS) is 19.4. The van der Waals surface area contributed by atoms with Crippen LogP contribution in [0.3, 0.4) is 0 Å². The second-order valence-electron chi connectivity index (χ2n) is 5.44. The van der Waals surface area contributed by atoms with Gasteiger partial charge in [-0.2, -0.15) is 4.31 Å². The Balaban J connectivity index is 1.83. The first-order chi connectivity index (χ1) is 10.6. The lowest BCUT2D eigenvalue weighted by molar-refractivity contribution is 0.395. The largest absolute Gasteiger partial charge is 0.264 e. The molecule has 1 atom stereocenters. The van der Waals surface area contributed by atoms with Gasteiger partial charge in [-0.25, -0.2) is 8.42 Å². The average Bonchev–Trinajstić information content (AvgIpc) is 3.01. The van der Waals surface area contributed by atoms with Crippen molar-refractivity contribution in [3.05, 3.63) is 64.9 Å². The van der Waals surface area contributed by atoms with Gasteiger partial charge in [0.25, 0.3) is 0 Å². The Hall–Kier alpha value is -1.43. The van der Waals surface area contributed by atoms with Crippen LogP contribution in [0.2, 0.25) is 5.02 Å². The third kappa shape index (κ3) is 3.32. The van der Waals surface area contributed by atoms with Gasteiger partial charge in [0, 0.05) is 24.0 Å². The van der Waals surface area contributed by atoms with E-state index in [-0.39, 0.29) is 11.8 Å². The summed E-state index contributed by atoms with van der Waals surface area (Å²) in [7, 11) is -3.36. The van der Waals surface area contributed by atoms with Gasteiger partial charge in [0.1, 0.15) is 0 Å². The molecule has 1 saturated heterocycles. The summed E-state index contributed by atoms with van der Waals surface area (Å²) in [5.74, 6) is 0.000924. The summed E-state index contributed by atoms with van der Waals surface area (Å²) in [6.45, 7) is 0.565. The van der Waals surface area contributed by atoms with Crippen LogP contribution in [-0.4, -0.2) is 24.3 Å². The molecule has 0 bridgehead atoms. The topological polar surface area (TPSA) is 50.3 Å². The van der Waals surface area contributed by atoms with Gasteiger partial charge in [0.05, 0.1) is 11.8 Å². The van der Waals surface area contributed by atoms with Crippen LogP contribution in [0.4, 0.5) is 0 Å². The van der Waals surface area contributed by atoms with Gasteiger partial charge < -0.3 is 0 Å². The number of benzene rings is 1. The number of nitrogens with zero attached hydrogens (tertiary/aromatic N) is 2. The van der Waals surface area contributed by atoms with Crippen molar-refractivity contribution in [1.82, 2.24) is 9.29 Å². The highest BCUT2D eigenvalue weighted by atomic mass is 35.5. The monoisotopic (exact) mass is 336 g/mol. The second kappa shape index (κ2) is 6.36. The summed E-state index contributed by atoms with van der Waals surface area (Å²) in [5.41, 5.74) is 1.71. The summed E-state index contributed by atoms with van der Waals surface area (Å²) >= 11 is 5.85. The van der Waals surface area contributed by atoms with E-state index in [0.717, 1.165) is 24.0 Å². The van der Waals surface area contributed by atoms with Gasteiger partial charge in [-0.3, -0.25) is 4.98 Å². The molecule has 116 valence electrons. The zero-order valence-electron chi connectivity index (χ0n) is 12.0. The molecule has 0 aliphatic carbocycles. The fourth-order valence-electron chi connectivity index (χ4n) is 2.85. The highest BCUT2D eigenvalue weighted by Gasteiger charge is 2.35. The molecule has 2 aromatic rings. The quantitative estimate of drug-likeness (QED) is 0.859. The van der Waals surface area contributed by atoms with E-state index in [1.165, 1.54) is 0 Å². The smallest absolute Gasteiger partial charge is 0.218 e. The Labute approximate surface area is 135 Å². The fraction of sp³-hybridized carbons (Fsp3) is 0.312. The van der Waals surface area contributed by atoms with Gasteiger partial charge in [0.2, 0.25) is 10.0 Å². The van der Waals surface area contributed by atoms with Crippen molar-refractivity contribution in [2.75, 3.05) is 6.54 Å². The van der Waals surface area contributed by atoms with E-state index in [1.54, 1.807) is 41.0 Å². The zero-order valence-corrected chi connectivity index (χ0v) is 13.6. The van der Waals surface area contributed by atoms with Gasteiger partial charge in [-0.15, -0.1) is 0 Å². The summed E-state index contributed by atoms with van der Waals surface area (Å²) in [5, 5.41) is 0.607. The Bertz CT molecular complexity index is 733. The molecule has 1 aromatic carbocycles. The van der Waals surface area contributed by atoms with Crippen LogP contribution in [0.5, 0.6) is 0 Å². The van der Waals surface area contributed by atoms with E-state index >= 15 is 0 Å². The van der Waals surface area contributed by atoms with Gasteiger partial charge >= 0.3 is 0 Å². The van der Waals surface area contributed by atoms with E-state index in [1.807, 2.05) is 12.1 Å². The van der Waals surface area contributed by atoms with Crippen LogP contribution in [0.25, 0.3) is 0 Å². The Morgan fingerprint density at radius 1 is 1.23 bits per heavy atom. The van der Waals surface area contributed by atoms with Crippen LogP contribution in [0, 0.1) is 0 Å². The lowest BCUT2D eigenvalue weighted by atomic mass is 10.1. The number of aromatic nitrogens is 1. The summed E-state index contributed by atoms with van der Waals surface area (Å²) in [6, 6.07) is 10.6. The van der Waals surface area contributed by atoms with Crippen LogP contribution < -0.4 is 0 Å². The molecule has 1 aromatic heterocycles. The van der Waals surface area contributed by atoms with Crippen molar-refractivity contribution in [3.63, 3.8) is 0 Å². The van der Waals surface area contributed by atoms with Crippen molar-refractivity contribution < 1.29 is 8.42 Å². The molecule has 3 rings (SSSR count). The van der Waals surface area contributed by atoms with Gasteiger partial charge in [-0.05, 0) is 42.2 Å². The zero-order chi connectivity index (χ0) is 15.6. The molecular weight excluding hydrogens is 320 g/mol. The molecule has 2 heterocycles. The molecule has 0 amide bonds. The molecule has 1 aliphatic rings. The predicted octanol–water partition coefficient (Wildman–Crippen LogP) is 3.40. The van der Waals surface area contributed by atoms with Crippen molar-refractivity contribution in [3.8, 4) is 0 Å². The van der Waals surface area contributed by atoms with Crippen LogP contribution in [-0.2, 0) is 15.8 Å². The third-order valence-electron chi connectivity index (χ3n) is 3.89. The number of hydrogen-bond acceptors (Lipinski definition) is 3. The summed E-state index contributed by atoms with van der Waals surface area (Å²) in [6.07, 6.45) is 5.16. The van der Waals surface area contributed by atoms with E-state index in [0.29, 0.717) is 11.6 Å². The number of halogens is 1. The first kappa shape index (κ1) is 15.5. The summed E-state index contributed by atoms with van der Waals surface area (Å²) in [4.78, 5) is 4.10.